The van der Waals surface area contributed by atoms with Crippen LogP contribution in [0.3, 0.4) is 0 Å². The van der Waals surface area contributed by atoms with Gasteiger partial charge in [-0.15, -0.1) is 0 Å². The molecule has 2 fully saturated rings. The zero-order chi connectivity index (χ0) is 10.4. The fourth-order valence-electron chi connectivity index (χ4n) is 2.82. The number of alkyl halides is 1. The van der Waals surface area contributed by atoms with Crippen molar-refractivity contribution in [2.45, 2.75) is 44.3 Å². The molecule has 2 rings (SSSR count). The molecule has 1 aliphatic carbocycles. The summed E-state index contributed by atoms with van der Waals surface area (Å²) >= 11 is 0. The van der Waals surface area contributed by atoms with Gasteiger partial charge in [0.05, 0.1) is 5.41 Å². The molecule has 1 heterocycles. The molecule has 3 atom stereocenters. The van der Waals surface area contributed by atoms with Crippen molar-refractivity contribution in [2.24, 2.45) is 11.1 Å². The van der Waals surface area contributed by atoms with Crippen LogP contribution in [0.5, 0.6) is 0 Å². The molecule has 3 nitrogen and oxygen atoms in total. The second-order valence-corrected chi connectivity index (χ2v) is 4.79. The molecule has 2 aliphatic rings. The summed E-state index contributed by atoms with van der Waals surface area (Å²) < 4.78 is 14.3. The minimum atomic E-state index is -1.39. The van der Waals surface area contributed by atoms with Gasteiger partial charge in [0.15, 0.2) is 0 Å². The van der Waals surface area contributed by atoms with Crippen molar-refractivity contribution in [1.29, 1.82) is 0 Å². The quantitative estimate of drug-likeness (QED) is 0.605. The second kappa shape index (κ2) is 2.92. The maximum absolute atomic E-state index is 14.3. The Kier molecular flexibility index (Phi) is 2.07. The predicted octanol–water partition coefficient (Wildman–Crippen LogP) is 0.732. The third-order valence-corrected chi connectivity index (χ3v) is 3.87. The number of halogens is 1. The molecule has 3 N–H and O–H groups in total. The zero-order valence-corrected chi connectivity index (χ0v) is 8.48. The lowest BCUT2D eigenvalue weighted by atomic mass is 9.62. The van der Waals surface area contributed by atoms with E-state index in [2.05, 4.69) is 5.32 Å². The van der Waals surface area contributed by atoms with Crippen molar-refractivity contribution in [2.75, 3.05) is 6.54 Å². The van der Waals surface area contributed by atoms with Gasteiger partial charge in [0, 0.05) is 12.6 Å². The Balaban J connectivity index is 2.33. The Morgan fingerprint density at radius 3 is 2.86 bits per heavy atom. The Morgan fingerprint density at radius 1 is 1.57 bits per heavy atom. The first kappa shape index (κ1) is 9.90. The highest BCUT2D eigenvalue weighted by atomic mass is 19.1. The van der Waals surface area contributed by atoms with Crippen molar-refractivity contribution >= 4 is 5.91 Å². The molecule has 14 heavy (non-hydrogen) atoms. The molecule has 1 saturated carbocycles. The minimum absolute atomic E-state index is 0.0253. The van der Waals surface area contributed by atoms with Crippen LogP contribution >= 0.6 is 0 Å². The van der Waals surface area contributed by atoms with E-state index in [9.17, 15) is 9.18 Å². The Hall–Kier alpha value is -0.640. The van der Waals surface area contributed by atoms with Crippen LogP contribution in [0, 0.1) is 5.41 Å². The van der Waals surface area contributed by atoms with Gasteiger partial charge in [0.1, 0.15) is 5.67 Å². The number of carbonyl (C=O) groups is 1. The SMILES string of the molecule is CC1(F)CCC(N)CC12CCNC2=O. The number of nitrogens with one attached hydrogen (secondary N) is 1. The Labute approximate surface area is 83.2 Å². The Morgan fingerprint density at radius 2 is 2.29 bits per heavy atom. The van der Waals surface area contributed by atoms with E-state index in [1.807, 2.05) is 0 Å². The molecule has 1 aliphatic heterocycles. The van der Waals surface area contributed by atoms with E-state index in [1.165, 1.54) is 0 Å². The third-order valence-electron chi connectivity index (χ3n) is 3.87. The van der Waals surface area contributed by atoms with E-state index >= 15 is 0 Å². The summed E-state index contributed by atoms with van der Waals surface area (Å²) in [6, 6.07) is -0.0253. The summed E-state index contributed by atoms with van der Waals surface area (Å²) in [6.45, 7) is 2.13. The van der Waals surface area contributed by atoms with E-state index in [0.29, 0.717) is 32.2 Å². The monoisotopic (exact) mass is 200 g/mol. The number of hydrogen-bond acceptors (Lipinski definition) is 2. The van der Waals surface area contributed by atoms with Gasteiger partial charge >= 0.3 is 0 Å². The molecule has 80 valence electrons. The van der Waals surface area contributed by atoms with Gasteiger partial charge < -0.3 is 11.1 Å². The lowest BCUT2D eigenvalue weighted by Gasteiger charge is -2.44. The molecule has 0 aromatic carbocycles. The predicted molar refractivity (Wildman–Crippen MR) is 51.4 cm³/mol. The average Bonchev–Trinajstić information content (AvgIpc) is 2.44. The normalized spacial score (nSPS) is 48.2. The van der Waals surface area contributed by atoms with Crippen molar-refractivity contribution in [3.63, 3.8) is 0 Å². The van der Waals surface area contributed by atoms with E-state index in [0.717, 1.165) is 0 Å². The first-order valence-corrected chi connectivity index (χ1v) is 5.21. The van der Waals surface area contributed by atoms with Crippen molar-refractivity contribution in [1.82, 2.24) is 5.32 Å². The number of nitrogens with two attached hydrogens (primary N) is 1. The van der Waals surface area contributed by atoms with Crippen LogP contribution in [-0.2, 0) is 4.79 Å². The van der Waals surface area contributed by atoms with Crippen molar-refractivity contribution in [3.8, 4) is 0 Å². The van der Waals surface area contributed by atoms with Gasteiger partial charge in [-0.2, -0.15) is 0 Å². The smallest absolute Gasteiger partial charge is 0.229 e. The van der Waals surface area contributed by atoms with Crippen molar-refractivity contribution < 1.29 is 9.18 Å². The summed E-state index contributed by atoms with van der Waals surface area (Å²) in [6.07, 6.45) is 2.17. The van der Waals surface area contributed by atoms with E-state index in [-0.39, 0.29) is 11.9 Å². The summed E-state index contributed by atoms with van der Waals surface area (Å²) in [5, 5.41) is 2.72. The molecule has 4 heteroatoms. The number of rotatable bonds is 0. The highest BCUT2D eigenvalue weighted by Crippen LogP contribution is 2.50. The highest BCUT2D eigenvalue weighted by Gasteiger charge is 2.58. The molecule has 1 saturated heterocycles. The topological polar surface area (TPSA) is 55.1 Å². The fourth-order valence-corrected chi connectivity index (χ4v) is 2.82. The van der Waals surface area contributed by atoms with Gasteiger partial charge in [0.2, 0.25) is 5.91 Å². The van der Waals surface area contributed by atoms with Crippen LogP contribution < -0.4 is 11.1 Å². The molecular weight excluding hydrogens is 183 g/mol. The second-order valence-electron chi connectivity index (χ2n) is 4.79. The summed E-state index contributed by atoms with van der Waals surface area (Å²) in [4.78, 5) is 11.7. The molecule has 0 radical (unpaired) electrons. The zero-order valence-electron chi connectivity index (χ0n) is 8.48. The van der Waals surface area contributed by atoms with Crippen LogP contribution in [0.2, 0.25) is 0 Å². The van der Waals surface area contributed by atoms with E-state index < -0.39 is 11.1 Å². The molecular formula is C10H17FN2O. The molecule has 0 aromatic rings. The Bertz CT molecular complexity index is 267. The van der Waals surface area contributed by atoms with E-state index in [1.54, 1.807) is 6.92 Å². The van der Waals surface area contributed by atoms with Gasteiger partial charge in [0.25, 0.3) is 0 Å². The molecule has 0 aromatic heterocycles. The van der Waals surface area contributed by atoms with Gasteiger partial charge in [-0.05, 0) is 32.6 Å². The van der Waals surface area contributed by atoms with Crippen LogP contribution in [0.15, 0.2) is 0 Å². The van der Waals surface area contributed by atoms with Gasteiger partial charge in [-0.25, -0.2) is 4.39 Å². The molecule has 1 amide bonds. The third kappa shape index (κ3) is 1.16. The number of hydrogen-bond donors (Lipinski definition) is 2. The maximum atomic E-state index is 14.3. The first-order valence-electron chi connectivity index (χ1n) is 5.21. The van der Waals surface area contributed by atoms with Crippen LogP contribution in [0.1, 0.15) is 32.6 Å². The minimum Gasteiger partial charge on any atom is -0.355 e. The molecule has 1 spiro atoms. The van der Waals surface area contributed by atoms with Gasteiger partial charge in [-0.3, -0.25) is 4.79 Å². The summed E-state index contributed by atoms with van der Waals surface area (Å²) in [5.74, 6) is -0.141. The number of amides is 1. The maximum Gasteiger partial charge on any atom is 0.229 e. The number of carbonyl (C=O) groups excluding carboxylic acids is 1. The largest absolute Gasteiger partial charge is 0.355 e. The average molecular weight is 200 g/mol. The highest BCUT2D eigenvalue weighted by molar-refractivity contribution is 5.86. The standard InChI is InChI=1S/C10H17FN2O/c1-9(11)3-2-7(12)6-10(9)4-5-13-8(10)14/h7H,2-6,12H2,1H3,(H,13,14). The van der Waals surface area contributed by atoms with Crippen LogP contribution in [0.25, 0.3) is 0 Å². The lowest BCUT2D eigenvalue weighted by molar-refractivity contribution is -0.140. The lowest BCUT2D eigenvalue weighted by Crippen LogP contribution is -2.54. The molecule has 3 unspecified atom stereocenters. The summed E-state index contributed by atoms with van der Waals surface area (Å²) in [7, 11) is 0. The van der Waals surface area contributed by atoms with Crippen LogP contribution in [-0.4, -0.2) is 24.2 Å². The first-order chi connectivity index (χ1) is 6.48. The fraction of sp³-hybridized carbons (Fsp3) is 0.900. The van der Waals surface area contributed by atoms with Crippen LogP contribution in [0.4, 0.5) is 4.39 Å². The molecule has 0 bridgehead atoms. The van der Waals surface area contributed by atoms with Gasteiger partial charge in [-0.1, -0.05) is 0 Å². The summed E-state index contributed by atoms with van der Waals surface area (Å²) in [5.41, 5.74) is 3.60. The van der Waals surface area contributed by atoms with Crippen molar-refractivity contribution in [3.05, 3.63) is 0 Å². The van der Waals surface area contributed by atoms with E-state index in [4.69, 9.17) is 5.73 Å².